The third-order valence-electron chi connectivity index (χ3n) is 3.63. The van der Waals surface area contributed by atoms with Crippen LogP contribution < -0.4 is 15.8 Å². The molecule has 2 heterocycles. The highest BCUT2D eigenvalue weighted by atomic mass is 32.2. The fourth-order valence-electron chi connectivity index (χ4n) is 2.45. The molecule has 9 heteroatoms. The van der Waals surface area contributed by atoms with Crippen LogP contribution in [0.2, 0.25) is 0 Å². The molecule has 1 N–H and O–H groups in total. The zero-order valence-electron chi connectivity index (χ0n) is 13.2. The highest BCUT2D eigenvalue weighted by molar-refractivity contribution is 7.98. The normalized spacial score (nSPS) is 13.7. The summed E-state index contributed by atoms with van der Waals surface area (Å²) >= 11 is 7.89. The number of thiazole rings is 1. The van der Waals surface area contributed by atoms with E-state index in [1.165, 1.54) is 16.3 Å². The zero-order valence-corrected chi connectivity index (χ0v) is 15.7. The summed E-state index contributed by atoms with van der Waals surface area (Å²) in [6.07, 6.45) is 3.81. The Hall–Kier alpha value is -1.97. The number of carboxylic acid groups (broad SMARTS) is 1. The average Bonchev–Trinajstić information content (AvgIpc) is 3.10. The minimum Gasteiger partial charge on any atom is -0.548 e. The van der Waals surface area contributed by atoms with E-state index in [0.717, 1.165) is 22.1 Å². The van der Waals surface area contributed by atoms with Crippen LogP contribution in [0.4, 0.5) is 0 Å². The van der Waals surface area contributed by atoms with Gasteiger partial charge in [-0.05, 0) is 42.8 Å². The molecule has 1 aromatic heterocycles. The first kappa shape index (κ1) is 17.8. The van der Waals surface area contributed by atoms with E-state index in [2.05, 4.69) is 9.98 Å². The number of fused-ring (bicyclic) bond motifs is 1. The van der Waals surface area contributed by atoms with Crippen LogP contribution in [-0.2, 0) is 4.79 Å². The minimum absolute atomic E-state index is 0.195. The molecule has 0 radical (unpaired) electrons. The van der Waals surface area contributed by atoms with Gasteiger partial charge in [0.05, 0.1) is 27.6 Å². The lowest BCUT2D eigenvalue weighted by molar-refractivity contribution is -0.310. The topological polar surface area (TPSA) is 90.0 Å². The molecule has 0 spiro atoms. The van der Waals surface area contributed by atoms with Gasteiger partial charge in [-0.25, -0.2) is 9.98 Å². The summed E-state index contributed by atoms with van der Waals surface area (Å²) in [4.78, 5) is 20.6. The molecule has 2 aromatic rings. The quantitative estimate of drug-likeness (QED) is 0.748. The number of aromatic hydroxyl groups is 1. The van der Waals surface area contributed by atoms with Crippen LogP contribution in [0.15, 0.2) is 40.1 Å². The first-order valence-corrected chi connectivity index (χ1v) is 10.0. The van der Waals surface area contributed by atoms with Gasteiger partial charge in [0.15, 0.2) is 9.78 Å². The Balaban J connectivity index is 2.00. The molecular formula is C16H14N3O3S3-. The third-order valence-corrected chi connectivity index (χ3v) is 5.62. The van der Waals surface area contributed by atoms with E-state index in [1.54, 1.807) is 6.08 Å². The SMILES string of the molecule is CSCC[C@@H](C(=O)[O-])n1c(O)c(C=C2N=c3ccccc3=N2)sc1=S. The molecule has 1 aromatic carbocycles. The molecule has 25 heavy (non-hydrogen) atoms. The number of aliphatic carboxylic acids is 1. The monoisotopic (exact) mass is 392 g/mol. The molecule has 6 nitrogen and oxygen atoms in total. The number of hydrogen-bond donors (Lipinski definition) is 1. The number of carboxylic acids is 1. The Kier molecular flexibility index (Phi) is 5.36. The van der Waals surface area contributed by atoms with E-state index >= 15 is 0 Å². The Bertz CT molecular complexity index is 986. The molecule has 1 aliphatic heterocycles. The molecule has 130 valence electrons. The van der Waals surface area contributed by atoms with Gasteiger partial charge in [0.1, 0.15) is 0 Å². The molecule has 0 aliphatic carbocycles. The van der Waals surface area contributed by atoms with Crippen molar-refractivity contribution in [1.29, 1.82) is 0 Å². The van der Waals surface area contributed by atoms with Crippen molar-refractivity contribution < 1.29 is 15.0 Å². The van der Waals surface area contributed by atoms with E-state index in [1.807, 2.05) is 30.5 Å². The number of thioether (sulfide) groups is 1. The largest absolute Gasteiger partial charge is 0.548 e. The second-order valence-electron chi connectivity index (χ2n) is 5.26. The third kappa shape index (κ3) is 3.68. The molecule has 3 rings (SSSR count). The van der Waals surface area contributed by atoms with Gasteiger partial charge in [0.2, 0.25) is 5.88 Å². The highest BCUT2D eigenvalue weighted by Gasteiger charge is 2.20. The van der Waals surface area contributed by atoms with E-state index in [0.29, 0.717) is 22.9 Å². The van der Waals surface area contributed by atoms with Crippen molar-refractivity contribution in [3.05, 3.63) is 49.6 Å². The van der Waals surface area contributed by atoms with Gasteiger partial charge in [-0.2, -0.15) is 11.8 Å². The van der Waals surface area contributed by atoms with Gasteiger partial charge in [-0.1, -0.05) is 12.1 Å². The summed E-state index contributed by atoms with van der Waals surface area (Å²) in [5.41, 5.74) is 0. The fraction of sp³-hybridized carbons (Fsp3) is 0.250. The van der Waals surface area contributed by atoms with Crippen molar-refractivity contribution in [2.45, 2.75) is 12.5 Å². The second-order valence-corrected chi connectivity index (χ2v) is 7.92. The molecule has 0 saturated carbocycles. The number of carbonyl (C=O) groups is 1. The molecule has 0 unspecified atom stereocenters. The van der Waals surface area contributed by atoms with Crippen molar-refractivity contribution in [1.82, 2.24) is 4.57 Å². The summed E-state index contributed by atoms with van der Waals surface area (Å²) in [6.45, 7) is 0. The van der Waals surface area contributed by atoms with Crippen molar-refractivity contribution in [3.63, 3.8) is 0 Å². The van der Waals surface area contributed by atoms with Gasteiger partial charge in [-0.15, -0.1) is 11.3 Å². The van der Waals surface area contributed by atoms with E-state index in [4.69, 9.17) is 12.2 Å². The Morgan fingerprint density at radius 1 is 1.44 bits per heavy atom. The molecular weight excluding hydrogens is 378 g/mol. The number of benzene rings is 1. The summed E-state index contributed by atoms with van der Waals surface area (Å²) in [5.74, 6) is -0.403. The van der Waals surface area contributed by atoms with Crippen molar-refractivity contribution in [2.24, 2.45) is 9.98 Å². The van der Waals surface area contributed by atoms with Crippen molar-refractivity contribution in [3.8, 4) is 5.88 Å². The zero-order chi connectivity index (χ0) is 18.0. The number of hydrogen-bond acceptors (Lipinski definition) is 8. The summed E-state index contributed by atoms with van der Waals surface area (Å²) in [6, 6.07) is 6.43. The van der Waals surface area contributed by atoms with Gasteiger partial charge in [0, 0.05) is 6.08 Å². The first-order chi connectivity index (χ1) is 12.0. The molecule has 1 aliphatic rings. The van der Waals surface area contributed by atoms with Gasteiger partial charge in [-0.3, -0.25) is 4.57 Å². The smallest absolute Gasteiger partial charge is 0.211 e. The van der Waals surface area contributed by atoms with Gasteiger partial charge < -0.3 is 15.0 Å². The van der Waals surface area contributed by atoms with E-state index in [-0.39, 0.29) is 9.83 Å². The Morgan fingerprint density at radius 3 is 2.64 bits per heavy atom. The first-order valence-electron chi connectivity index (χ1n) is 7.39. The summed E-state index contributed by atoms with van der Waals surface area (Å²) in [5, 5.41) is 23.5. The van der Waals surface area contributed by atoms with Gasteiger partial charge in [0.25, 0.3) is 0 Å². The molecule has 0 fully saturated rings. The number of carbonyl (C=O) groups excluding carboxylic acids is 1. The van der Waals surface area contributed by atoms with Crippen LogP contribution in [0, 0.1) is 3.95 Å². The molecule has 0 bridgehead atoms. The Labute approximate surface area is 156 Å². The predicted octanol–water partition coefficient (Wildman–Crippen LogP) is 1.28. The average molecular weight is 393 g/mol. The van der Waals surface area contributed by atoms with E-state index in [9.17, 15) is 15.0 Å². The van der Waals surface area contributed by atoms with Crippen LogP contribution >= 0.6 is 35.3 Å². The van der Waals surface area contributed by atoms with Gasteiger partial charge >= 0.3 is 0 Å². The lowest BCUT2D eigenvalue weighted by atomic mass is 10.2. The van der Waals surface area contributed by atoms with Crippen LogP contribution in [-0.4, -0.2) is 27.7 Å². The van der Waals surface area contributed by atoms with Crippen LogP contribution in [0.1, 0.15) is 17.3 Å². The van der Waals surface area contributed by atoms with Crippen molar-refractivity contribution in [2.75, 3.05) is 12.0 Å². The fourth-order valence-corrected chi connectivity index (χ4v) is 4.25. The maximum atomic E-state index is 11.5. The van der Waals surface area contributed by atoms with Crippen LogP contribution in [0.5, 0.6) is 5.88 Å². The highest BCUT2D eigenvalue weighted by Crippen LogP contribution is 2.33. The standard InChI is InChI=1S/C16H15N3O3S3/c1-24-7-6-11(15(21)22)19-14(20)12(25-16(19)23)8-13-17-9-4-2-3-5-10(9)18-13/h2-5,8,11,20H,6-7H2,1H3,(H,21,22)/p-1/t11-/m0/s1. The minimum atomic E-state index is -1.26. The number of rotatable bonds is 6. The van der Waals surface area contributed by atoms with Crippen LogP contribution in [0.3, 0.4) is 0 Å². The maximum Gasteiger partial charge on any atom is 0.211 e. The van der Waals surface area contributed by atoms with Crippen LogP contribution in [0.25, 0.3) is 6.08 Å². The molecule has 0 saturated heterocycles. The number of aromatic nitrogens is 1. The predicted molar refractivity (Wildman–Crippen MR) is 98.6 cm³/mol. The number of nitrogens with zero attached hydrogens (tertiary/aromatic N) is 3. The maximum absolute atomic E-state index is 11.5. The molecule has 0 amide bonds. The Morgan fingerprint density at radius 2 is 2.08 bits per heavy atom. The summed E-state index contributed by atoms with van der Waals surface area (Å²) < 4.78 is 1.51. The van der Waals surface area contributed by atoms with Crippen molar-refractivity contribution >= 4 is 47.4 Å². The van der Waals surface area contributed by atoms with E-state index < -0.39 is 12.0 Å². The lowest BCUT2D eigenvalue weighted by Gasteiger charge is -2.20. The second kappa shape index (κ2) is 7.51. The summed E-state index contributed by atoms with van der Waals surface area (Å²) in [7, 11) is 0. The lowest BCUT2D eigenvalue weighted by Crippen LogP contribution is -2.33. The molecule has 1 atom stereocenters. The number of para-hydroxylation sites is 2.